The molecule has 15 heavy (non-hydrogen) atoms. The molecule has 0 aromatic heterocycles. The highest BCUT2D eigenvalue weighted by molar-refractivity contribution is 5.29. The molecule has 0 saturated heterocycles. The van der Waals surface area contributed by atoms with Crippen LogP contribution >= 0.6 is 0 Å². The van der Waals surface area contributed by atoms with E-state index in [2.05, 4.69) is 6.58 Å². The van der Waals surface area contributed by atoms with Gasteiger partial charge in [-0.25, -0.2) is 0 Å². The molecule has 0 atom stereocenters. The van der Waals surface area contributed by atoms with Crippen LogP contribution in [0.25, 0.3) is 0 Å². The molecule has 78 valence electrons. The van der Waals surface area contributed by atoms with Crippen molar-refractivity contribution in [1.82, 2.24) is 0 Å². The maximum atomic E-state index is 5.68. The average Bonchev–Trinajstić information content (AvgIpc) is 2.18. The lowest BCUT2D eigenvalue weighted by molar-refractivity contribution is 0.444. The van der Waals surface area contributed by atoms with E-state index in [4.69, 9.17) is 4.74 Å². The van der Waals surface area contributed by atoms with Crippen molar-refractivity contribution in [2.75, 3.05) is 0 Å². The van der Waals surface area contributed by atoms with E-state index in [9.17, 15) is 0 Å². The van der Waals surface area contributed by atoms with Crippen molar-refractivity contribution in [3.05, 3.63) is 66.5 Å². The molecule has 1 nitrogen and oxygen atoms in total. The smallest absolute Gasteiger partial charge is 0.127 e. The third-order valence-corrected chi connectivity index (χ3v) is 1.70. The van der Waals surface area contributed by atoms with Gasteiger partial charge in [0, 0.05) is 0 Å². The first kappa shape index (κ1) is 11.3. The fourth-order valence-electron chi connectivity index (χ4n) is 1.14. The second kappa shape index (κ2) is 5.86. The topological polar surface area (TPSA) is 9.23 Å². The van der Waals surface area contributed by atoms with E-state index in [1.165, 1.54) is 0 Å². The van der Waals surface area contributed by atoms with Gasteiger partial charge in [-0.15, -0.1) is 0 Å². The van der Waals surface area contributed by atoms with Crippen LogP contribution in [0.3, 0.4) is 0 Å². The zero-order valence-electron chi connectivity index (χ0n) is 9.23. The predicted molar refractivity (Wildman–Crippen MR) is 64.8 cm³/mol. The molecule has 0 radical (unpaired) electrons. The van der Waals surface area contributed by atoms with Gasteiger partial charge in [0.2, 0.25) is 0 Å². The number of hydrogen-bond acceptors (Lipinski definition) is 1. The van der Waals surface area contributed by atoms with Crippen LogP contribution in [0.4, 0.5) is 0 Å². The normalized spacial score (nSPS) is 11.7. The summed E-state index contributed by atoms with van der Waals surface area (Å²) in [5, 5.41) is 0. The molecule has 0 aliphatic rings. The van der Waals surface area contributed by atoms with Gasteiger partial charge in [-0.1, -0.05) is 36.4 Å². The predicted octanol–water partition coefficient (Wildman–Crippen LogP) is 4.10. The van der Waals surface area contributed by atoms with Crippen molar-refractivity contribution in [3.8, 4) is 5.75 Å². The molecule has 0 fully saturated rings. The van der Waals surface area contributed by atoms with Crippen LogP contribution in [-0.4, -0.2) is 0 Å². The van der Waals surface area contributed by atoms with Gasteiger partial charge in [0.15, 0.2) is 0 Å². The van der Waals surface area contributed by atoms with Gasteiger partial charge in [0.1, 0.15) is 11.5 Å². The Morgan fingerprint density at radius 1 is 1.27 bits per heavy atom. The Kier molecular flexibility index (Phi) is 4.42. The van der Waals surface area contributed by atoms with Crippen molar-refractivity contribution < 1.29 is 4.74 Å². The Balaban J connectivity index is 2.81. The Morgan fingerprint density at radius 3 is 2.47 bits per heavy atom. The van der Waals surface area contributed by atoms with Crippen LogP contribution in [0.15, 0.2) is 66.5 Å². The Hall–Kier alpha value is -1.76. The quantitative estimate of drug-likeness (QED) is 0.525. The molecular weight excluding hydrogens is 184 g/mol. The minimum atomic E-state index is 0.802. The van der Waals surface area contributed by atoms with E-state index in [0.717, 1.165) is 17.1 Å². The molecule has 0 aliphatic carbocycles. The highest BCUT2D eigenvalue weighted by Crippen LogP contribution is 2.14. The number of para-hydroxylation sites is 1. The van der Waals surface area contributed by atoms with E-state index in [-0.39, 0.29) is 0 Å². The van der Waals surface area contributed by atoms with Gasteiger partial charge in [0.05, 0.1) is 0 Å². The zero-order chi connectivity index (χ0) is 11.1. The lowest BCUT2D eigenvalue weighted by Gasteiger charge is -2.06. The van der Waals surface area contributed by atoms with Crippen molar-refractivity contribution in [2.24, 2.45) is 0 Å². The van der Waals surface area contributed by atoms with E-state index in [1.807, 2.05) is 62.4 Å². The molecule has 0 unspecified atom stereocenters. The summed E-state index contributed by atoms with van der Waals surface area (Å²) in [5.74, 6) is 1.64. The largest absolute Gasteiger partial charge is 0.457 e. The lowest BCUT2D eigenvalue weighted by atomic mass is 10.3. The summed E-state index contributed by atoms with van der Waals surface area (Å²) in [6, 6.07) is 9.71. The van der Waals surface area contributed by atoms with Crippen molar-refractivity contribution in [2.45, 2.75) is 13.8 Å². The Labute approximate surface area is 91.4 Å². The number of ether oxygens (including phenoxy) is 1. The first-order valence-corrected chi connectivity index (χ1v) is 4.95. The van der Waals surface area contributed by atoms with Crippen molar-refractivity contribution >= 4 is 0 Å². The summed E-state index contributed by atoms with van der Waals surface area (Å²) in [7, 11) is 0. The van der Waals surface area contributed by atoms with Gasteiger partial charge >= 0.3 is 0 Å². The molecule has 0 aliphatic heterocycles. The molecule has 0 saturated carbocycles. The first-order valence-electron chi connectivity index (χ1n) is 4.95. The molecule has 0 heterocycles. The van der Waals surface area contributed by atoms with E-state index >= 15 is 0 Å². The fraction of sp³-hybridized carbons (Fsp3) is 0.143. The molecule has 1 aromatic carbocycles. The summed E-state index contributed by atoms with van der Waals surface area (Å²) in [6.07, 6.45) is 5.77. The van der Waals surface area contributed by atoms with Crippen LogP contribution in [-0.2, 0) is 0 Å². The average molecular weight is 200 g/mol. The Morgan fingerprint density at radius 2 is 1.93 bits per heavy atom. The monoisotopic (exact) mass is 200 g/mol. The SMILES string of the molecule is C=C(C)/C=C(\C=C/C)Oc1ccccc1. The summed E-state index contributed by atoms with van der Waals surface area (Å²) in [6.45, 7) is 7.73. The van der Waals surface area contributed by atoms with Gasteiger partial charge < -0.3 is 4.74 Å². The van der Waals surface area contributed by atoms with Gasteiger partial charge in [-0.2, -0.15) is 0 Å². The van der Waals surface area contributed by atoms with Crippen LogP contribution in [0.5, 0.6) is 5.75 Å². The van der Waals surface area contributed by atoms with E-state index in [0.29, 0.717) is 0 Å². The van der Waals surface area contributed by atoms with Crippen LogP contribution in [0.1, 0.15) is 13.8 Å². The second-order valence-electron chi connectivity index (χ2n) is 3.31. The molecule has 0 amide bonds. The minimum Gasteiger partial charge on any atom is -0.457 e. The van der Waals surface area contributed by atoms with E-state index in [1.54, 1.807) is 0 Å². The molecular formula is C14H16O. The third-order valence-electron chi connectivity index (χ3n) is 1.70. The molecule has 1 heteroatoms. The number of benzene rings is 1. The maximum Gasteiger partial charge on any atom is 0.127 e. The molecule has 0 N–H and O–H groups in total. The summed E-state index contributed by atoms with van der Waals surface area (Å²) in [5.41, 5.74) is 0.971. The first-order chi connectivity index (χ1) is 7.22. The second-order valence-corrected chi connectivity index (χ2v) is 3.31. The van der Waals surface area contributed by atoms with E-state index < -0.39 is 0 Å². The van der Waals surface area contributed by atoms with Crippen molar-refractivity contribution in [3.63, 3.8) is 0 Å². The number of hydrogen-bond donors (Lipinski definition) is 0. The number of allylic oxidation sites excluding steroid dienone is 4. The third kappa shape index (κ3) is 4.32. The minimum absolute atomic E-state index is 0.802. The molecule has 1 aromatic rings. The van der Waals surface area contributed by atoms with Crippen LogP contribution in [0.2, 0.25) is 0 Å². The number of rotatable bonds is 4. The fourth-order valence-corrected chi connectivity index (χ4v) is 1.14. The molecule has 0 bridgehead atoms. The zero-order valence-corrected chi connectivity index (χ0v) is 9.23. The maximum absolute atomic E-state index is 5.68. The van der Waals surface area contributed by atoms with Gasteiger partial charge in [-0.05, 0) is 38.1 Å². The Bertz CT molecular complexity index is 372. The standard InChI is InChI=1S/C14H16O/c1-4-8-14(11-12(2)3)15-13-9-6-5-7-10-13/h4-11H,2H2,1,3H3/b8-4-,14-11+. The summed E-state index contributed by atoms with van der Waals surface area (Å²) >= 11 is 0. The summed E-state index contributed by atoms with van der Waals surface area (Å²) < 4.78 is 5.68. The van der Waals surface area contributed by atoms with Crippen LogP contribution < -0.4 is 4.74 Å². The lowest BCUT2D eigenvalue weighted by Crippen LogP contribution is -1.92. The molecule has 0 spiro atoms. The highest BCUT2D eigenvalue weighted by Gasteiger charge is 1.95. The van der Waals surface area contributed by atoms with Gasteiger partial charge in [-0.3, -0.25) is 0 Å². The van der Waals surface area contributed by atoms with Crippen LogP contribution in [0, 0.1) is 0 Å². The van der Waals surface area contributed by atoms with Gasteiger partial charge in [0.25, 0.3) is 0 Å². The molecule has 1 rings (SSSR count). The van der Waals surface area contributed by atoms with Crippen molar-refractivity contribution in [1.29, 1.82) is 0 Å². The summed E-state index contributed by atoms with van der Waals surface area (Å²) in [4.78, 5) is 0. The highest BCUT2D eigenvalue weighted by atomic mass is 16.5.